The molecule has 0 amide bonds. The molecule has 2 heterocycles. The molecule has 4 atom stereocenters. The number of likely N-dealkylation sites (N-methyl/N-ethyl adjacent to an activating group) is 1. The van der Waals surface area contributed by atoms with Gasteiger partial charge in [0.2, 0.25) is 5.60 Å². The van der Waals surface area contributed by atoms with Gasteiger partial charge in [0.1, 0.15) is 18.2 Å². The van der Waals surface area contributed by atoms with Gasteiger partial charge in [0.05, 0.1) is 19.7 Å². The minimum Gasteiger partial charge on any atom is -1.00 e. The van der Waals surface area contributed by atoms with Crippen LogP contribution in [0.1, 0.15) is 35.1 Å². The summed E-state index contributed by atoms with van der Waals surface area (Å²) in [5.74, 6) is -0.959. The minimum absolute atomic E-state index is 0. The van der Waals surface area contributed by atoms with Gasteiger partial charge in [-0.25, -0.2) is 4.79 Å². The molecule has 33 heavy (non-hydrogen) atoms. The fraction of sp³-hybridized carbons (Fsp3) is 0.400. The van der Waals surface area contributed by atoms with Gasteiger partial charge in [-0.3, -0.25) is 0 Å². The van der Waals surface area contributed by atoms with Crippen LogP contribution in [-0.2, 0) is 21.3 Å². The number of benzene rings is 2. The van der Waals surface area contributed by atoms with Gasteiger partial charge in [0, 0.05) is 18.4 Å². The van der Waals surface area contributed by atoms with Gasteiger partial charge in [-0.2, -0.15) is 13.2 Å². The molecular weight excluding hydrogens is 499 g/mol. The molecule has 8 heteroatoms. The first-order valence-corrected chi connectivity index (χ1v) is 10.6. The fourth-order valence-electron chi connectivity index (χ4n) is 4.81. The van der Waals surface area contributed by atoms with Gasteiger partial charge in [0.25, 0.3) is 0 Å². The topological polar surface area (TPSA) is 46.5 Å². The SMILES string of the molecule is Cc1cccc(C(O)(C(=O)OC2CC3C=C[C@H](C2)[N+]3(C)C)c2cccc(C(F)(F)F)c2)c1.[Br-]. The minimum atomic E-state index is -4.61. The van der Waals surface area contributed by atoms with Crippen LogP contribution in [0.15, 0.2) is 60.7 Å². The van der Waals surface area contributed by atoms with Gasteiger partial charge in [-0.1, -0.05) is 42.0 Å². The van der Waals surface area contributed by atoms with Crippen LogP contribution < -0.4 is 17.0 Å². The molecule has 2 aromatic rings. The molecule has 0 saturated carbocycles. The van der Waals surface area contributed by atoms with E-state index in [4.69, 9.17) is 4.74 Å². The number of aliphatic hydroxyl groups is 1. The number of quaternary nitrogens is 1. The first-order chi connectivity index (χ1) is 14.9. The van der Waals surface area contributed by atoms with Crippen molar-refractivity contribution in [3.63, 3.8) is 0 Å². The molecule has 178 valence electrons. The van der Waals surface area contributed by atoms with E-state index in [-0.39, 0.29) is 40.2 Å². The van der Waals surface area contributed by atoms with Crippen LogP contribution in [0.5, 0.6) is 0 Å². The molecular formula is C25H27BrF3NO3. The molecule has 2 aliphatic heterocycles. The number of esters is 1. The first-order valence-electron chi connectivity index (χ1n) is 10.6. The van der Waals surface area contributed by atoms with Crippen molar-refractivity contribution in [2.45, 2.75) is 49.7 Å². The zero-order valence-corrected chi connectivity index (χ0v) is 20.2. The largest absolute Gasteiger partial charge is 1.00 e. The van der Waals surface area contributed by atoms with Gasteiger partial charge in [0.15, 0.2) is 0 Å². The lowest BCUT2D eigenvalue weighted by Crippen LogP contribution is -3.00. The number of fused-ring (bicyclic) bond motifs is 2. The number of piperidine rings is 1. The Morgan fingerprint density at radius 3 is 2.03 bits per heavy atom. The second kappa shape index (κ2) is 8.89. The maximum absolute atomic E-state index is 13.4. The zero-order chi connectivity index (χ0) is 23.3. The lowest BCUT2D eigenvalue weighted by molar-refractivity contribution is -0.926. The third kappa shape index (κ3) is 4.61. The van der Waals surface area contributed by atoms with Crippen molar-refractivity contribution in [3.05, 3.63) is 82.9 Å². The highest BCUT2D eigenvalue weighted by molar-refractivity contribution is 5.85. The Bertz CT molecular complexity index is 1050. The highest BCUT2D eigenvalue weighted by Crippen LogP contribution is 2.39. The first kappa shape index (κ1) is 25.5. The van der Waals surface area contributed by atoms with E-state index in [2.05, 4.69) is 26.2 Å². The summed E-state index contributed by atoms with van der Waals surface area (Å²) >= 11 is 0. The molecule has 2 aromatic carbocycles. The zero-order valence-electron chi connectivity index (χ0n) is 18.6. The summed E-state index contributed by atoms with van der Waals surface area (Å²) in [5.41, 5.74) is -2.53. The average molecular weight is 526 g/mol. The Balaban J connectivity index is 0.00000306. The number of alkyl halides is 3. The van der Waals surface area contributed by atoms with Crippen molar-refractivity contribution in [1.29, 1.82) is 0 Å². The van der Waals surface area contributed by atoms with E-state index in [1.165, 1.54) is 18.2 Å². The molecule has 2 bridgehead atoms. The fourth-order valence-corrected chi connectivity index (χ4v) is 4.81. The van der Waals surface area contributed by atoms with Crippen LogP contribution in [-0.4, -0.2) is 47.8 Å². The normalized spacial score (nSPS) is 25.1. The lowest BCUT2D eigenvalue weighted by atomic mass is 9.84. The maximum Gasteiger partial charge on any atom is 0.416 e. The maximum atomic E-state index is 13.4. The van der Waals surface area contributed by atoms with E-state index in [0.717, 1.165) is 22.2 Å². The lowest BCUT2D eigenvalue weighted by Gasteiger charge is -2.44. The number of rotatable bonds is 4. The molecule has 2 aliphatic rings. The molecule has 0 aromatic heterocycles. The average Bonchev–Trinajstić information content (AvgIpc) is 2.89. The predicted octanol–water partition coefficient (Wildman–Crippen LogP) is 1.34. The highest BCUT2D eigenvalue weighted by atomic mass is 79.9. The van der Waals surface area contributed by atoms with Gasteiger partial charge in [-0.05, 0) is 36.8 Å². The van der Waals surface area contributed by atoms with E-state index in [9.17, 15) is 23.1 Å². The highest BCUT2D eigenvalue weighted by Gasteiger charge is 2.49. The van der Waals surface area contributed by atoms with Crippen molar-refractivity contribution in [3.8, 4) is 0 Å². The Hall–Kier alpha value is -2.16. The van der Waals surface area contributed by atoms with Crippen molar-refractivity contribution in [2.75, 3.05) is 14.1 Å². The third-order valence-corrected chi connectivity index (χ3v) is 6.89. The van der Waals surface area contributed by atoms with Crippen molar-refractivity contribution < 1.29 is 49.3 Å². The number of carbonyl (C=O) groups is 1. The number of aryl methyl sites for hydroxylation is 1. The summed E-state index contributed by atoms with van der Waals surface area (Å²) in [7, 11) is 4.25. The summed E-state index contributed by atoms with van der Waals surface area (Å²) in [6, 6.07) is 11.2. The quantitative estimate of drug-likeness (QED) is 0.372. The molecule has 4 nitrogen and oxygen atoms in total. The molecule has 1 saturated heterocycles. The Kier molecular flexibility index (Phi) is 6.86. The van der Waals surface area contributed by atoms with E-state index < -0.39 is 29.4 Å². The smallest absolute Gasteiger partial charge is 0.416 e. The monoisotopic (exact) mass is 525 g/mol. The van der Waals surface area contributed by atoms with Gasteiger partial charge < -0.3 is 31.3 Å². The van der Waals surface area contributed by atoms with E-state index >= 15 is 0 Å². The Morgan fingerprint density at radius 2 is 1.48 bits per heavy atom. The van der Waals surface area contributed by atoms with Crippen molar-refractivity contribution >= 4 is 5.97 Å². The second-order valence-corrected chi connectivity index (χ2v) is 9.31. The summed E-state index contributed by atoms with van der Waals surface area (Å²) in [5, 5.41) is 11.7. The molecule has 1 N–H and O–H groups in total. The molecule has 0 aliphatic carbocycles. The van der Waals surface area contributed by atoms with Crippen LogP contribution >= 0.6 is 0 Å². The Morgan fingerprint density at radius 1 is 0.970 bits per heavy atom. The van der Waals surface area contributed by atoms with E-state index in [0.29, 0.717) is 12.8 Å². The summed E-state index contributed by atoms with van der Waals surface area (Å²) in [6.45, 7) is 1.78. The summed E-state index contributed by atoms with van der Waals surface area (Å²) < 4.78 is 46.6. The molecule has 0 radical (unpaired) electrons. The number of ether oxygens (including phenoxy) is 1. The molecule has 0 spiro atoms. The van der Waals surface area contributed by atoms with Crippen LogP contribution in [0.4, 0.5) is 13.2 Å². The number of hydrogen-bond acceptors (Lipinski definition) is 3. The third-order valence-electron chi connectivity index (χ3n) is 6.89. The van der Waals surface area contributed by atoms with Crippen LogP contribution in [0, 0.1) is 6.92 Å². The number of hydrogen-bond donors (Lipinski definition) is 1. The van der Waals surface area contributed by atoms with Crippen LogP contribution in [0.3, 0.4) is 0 Å². The molecule has 1 fully saturated rings. The molecule has 3 unspecified atom stereocenters. The van der Waals surface area contributed by atoms with Crippen molar-refractivity contribution in [1.82, 2.24) is 0 Å². The second-order valence-electron chi connectivity index (χ2n) is 9.31. The van der Waals surface area contributed by atoms with Crippen molar-refractivity contribution in [2.24, 2.45) is 0 Å². The number of halogens is 4. The van der Waals surface area contributed by atoms with E-state index in [1.54, 1.807) is 25.1 Å². The standard InChI is InChI=1S/C25H27F3NO3.BrH/c1-16-6-4-7-17(12-16)24(31,18-8-5-9-19(13-18)25(26,27)28)23(30)32-22-14-20-10-11-21(15-22)29(20,2)3;/h4-13,20-22,31H,14-15H2,1-3H3;1H/q+1;/p-1/t20-,21?,22?,24?;/m1./s1. The van der Waals surface area contributed by atoms with Gasteiger partial charge >= 0.3 is 12.1 Å². The number of nitrogens with zero attached hydrogens (tertiary/aromatic N) is 1. The van der Waals surface area contributed by atoms with Crippen LogP contribution in [0.2, 0.25) is 0 Å². The Labute approximate surface area is 202 Å². The van der Waals surface area contributed by atoms with Crippen LogP contribution in [0.25, 0.3) is 0 Å². The number of carbonyl (C=O) groups excluding carboxylic acids is 1. The predicted molar refractivity (Wildman–Crippen MR) is 114 cm³/mol. The molecule has 4 rings (SSSR count). The van der Waals surface area contributed by atoms with Gasteiger partial charge in [-0.15, -0.1) is 0 Å². The summed E-state index contributed by atoms with van der Waals surface area (Å²) in [6.07, 6.45) is 0.401. The summed E-state index contributed by atoms with van der Waals surface area (Å²) in [4.78, 5) is 13.4. The van der Waals surface area contributed by atoms with E-state index in [1.807, 2.05) is 0 Å².